The summed E-state index contributed by atoms with van der Waals surface area (Å²) in [6.45, 7) is 6.75. The molecule has 162 valence electrons. The molecule has 28 heavy (non-hydrogen) atoms. The molecule has 4 atom stereocenters. The van der Waals surface area contributed by atoms with Gasteiger partial charge in [0.05, 0.1) is 6.04 Å². The maximum Gasteiger partial charge on any atom is 0.322 e. The van der Waals surface area contributed by atoms with Gasteiger partial charge in [-0.15, -0.1) is 0 Å². The number of carboxylic acid groups (broad SMARTS) is 1. The van der Waals surface area contributed by atoms with Crippen molar-refractivity contribution in [3.63, 3.8) is 0 Å². The zero-order valence-electron chi connectivity index (χ0n) is 17.3. The van der Waals surface area contributed by atoms with Crippen LogP contribution in [0.1, 0.15) is 40.5 Å². The van der Waals surface area contributed by atoms with E-state index in [1.165, 1.54) is 11.8 Å². The Balaban J connectivity index is 5.25. The number of thioether (sulfide) groups is 1. The minimum Gasteiger partial charge on any atom is -0.480 e. The van der Waals surface area contributed by atoms with E-state index < -0.39 is 48.4 Å². The normalized spacial score (nSPS) is 15.2. The Morgan fingerprint density at radius 1 is 1.04 bits per heavy atom. The van der Waals surface area contributed by atoms with Crippen LogP contribution in [0.15, 0.2) is 0 Å². The molecule has 9 nitrogen and oxygen atoms in total. The molecule has 0 aliphatic rings. The lowest BCUT2D eigenvalue weighted by molar-refractivity contribution is -0.139. The van der Waals surface area contributed by atoms with Gasteiger partial charge in [-0.25, -0.2) is 0 Å². The average molecular weight is 419 g/mol. The Bertz CT molecular complexity index is 544. The van der Waals surface area contributed by atoms with Gasteiger partial charge in [0.25, 0.3) is 0 Å². The maximum atomic E-state index is 12.8. The van der Waals surface area contributed by atoms with Crippen LogP contribution in [-0.4, -0.2) is 65.5 Å². The van der Waals surface area contributed by atoms with Crippen LogP contribution in [0.2, 0.25) is 0 Å². The average Bonchev–Trinajstić information content (AvgIpc) is 2.65. The topological polar surface area (TPSA) is 151 Å². The smallest absolute Gasteiger partial charge is 0.322 e. The molecule has 0 radical (unpaired) electrons. The zero-order chi connectivity index (χ0) is 21.9. The van der Waals surface area contributed by atoms with Gasteiger partial charge in [-0.1, -0.05) is 34.1 Å². The highest BCUT2D eigenvalue weighted by Crippen LogP contribution is 2.10. The van der Waals surface area contributed by atoms with E-state index in [9.17, 15) is 19.2 Å². The van der Waals surface area contributed by atoms with Crippen molar-refractivity contribution in [3.05, 3.63) is 0 Å². The van der Waals surface area contributed by atoms with Gasteiger partial charge >= 0.3 is 5.97 Å². The van der Waals surface area contributed by atoms with Crippen LogP contribution >= 0.6 is 11.8 Å². The molecule has 0 aromatic heterocycles. The summed E-state index contributed by atoms with van der Waals surface area (Å²) >= 11 is 1.53. The highest BCUT2D eigenvalue weighted by Gasteiger charge is 2.30. The molecule has 0 aromatic carbocycles. The van der Waals surface area contributed by atoms with Crippen molar-refractivity contribution in [2.75, 3.05) is 18.6 Å². The Morgan fingerprint density at radius 3 is 2.11 bits per heavy atom. The molecule has 0 bridgehead atoms. The molecular weight excluding hydrogens is 384 g/mol. The second-order valence-corrected chi connectivity index (χ2v) is 8.08. The third-order valence-corrected chi connectivity index (χ3v) is 5.12. The summed E-state index contributed by atoms with van der Waals surface area (Å²) in [4.78, 5) is 48.1. The van der Waals surface area contributed by atoms with Gasteiger partial charge in [0, 0.05) is 0 Å². The monoisotopic (exact) mass is 418 g/mol. The summed E-state index contributed by atoms with van der Waals surface area (Å²) in [6.07, 6.45) is 2.87. The van der Waals surface area contributed by atoms with Crippen LogP contribution in [0.25, 0.3) is 0 Å². The number of rotatable bonds is 13. The van der Waals surface area contributed by atoms with Gasteiger partial charge in [-0.3, -0.25) is 19.2 Å². The van der Waals surface area contributed by atoms with Crippen LogP contribution in [0, 0.1) is 11.8 Å². The third-order valence-electron chi connectivity index (χ3n) is 4.47. The molecule has 3 amide bonds. The maximum absolute atomic E-state index is 12.8. The van der Waals surface area contributed by atoms with Gasteiger partial charge in [0.1, 0.15) is 18.6 Å². The molecule has 0 heterocycles. The Hall–Kier alpha value is -1.81. The quantitative estimate of drug-likeness (QED) is 0.281. The summed E-state index contributed by atoms with van der Waals surface area (Å²) in [5.41, 5.74) is 5.86. The van der Waals surface area contributed by atoms with E-state index >= 15 is 0 Å². The number of nitrogens with two attached hydrogens (primary N) is 1. The molecule has 4 unspecified atom stereocenters. The van der Waals surface area contributed by atoms with Crippen LogP contribution in [0.5, 0.6) is 0 Å². The molecule has 6 N–H and O–H groups in total. The van der Waals surface area contributed by atoms with Crippen molar-refractivity contribution in [2.45, 2.75) is 58.7 Å². The van der Waals surface area contributed by atoms with E-state index in [2.05, 4.69) is 16.0 Å². The lowest BCUT2D eigenvalue weighted by Crippen LogP contribution is -2.58. The minimum atomic E-state index is -1.17. The molecule has 0 aliphatic carbocycles. The van der Waals surface area contributed by atoms with Gasteiger partial charge in [0.2, 0.25) is 17.7 Å². The summed E-state index contributed by atoms with van der Waals surface area (Å²) in [7, 11) is 0. The molecule has 0 saturated heterocycles. The Kier molecular flexibility index (Phi) is 12.5. The molecule has 0 spiro atoms. The SMILES string of the molecule is CCC(C)C(NC(=O)C(CCSC)NC(=O)C(N)C(C)C)C(=O)NCC(=O)O. The molecule has 0 rings (SSSR count). The predicted octanol–water partition coefficient (Wildman–Crippen LogP) is -0.0607. The van der Waals surface area contributed by atoms with Crippen LogP contribution < -0.4 is 21.7 Å². The number of hydrogen-bond donors (Lipinski definition) is 5. The summed E-state index contributed by atoms with van der Waals surface area (Å²) in [5.74, 6) is -2.32. The lowest BCUT2D eigenvalue weighted by atomic mass is 9.97. The van der Waals surface area contributed by atoms with Crippen molar-refractivity contribution < 1.29 is 24.3 Å². The largest absolute Gasteiger partial charge is 0.480 e. The summed E-state index contributed by atoms with van der Waals surface area (Å²) < 4.78 is 0. The van der Waals surface area contributed by atoms with Gasteiger partial charge in [-0.2, -0.15) is 11.8 Å². The lowest BCUT2D eigenvalue weighted by Gasteiger charge is -2.27. The highest BCUT2D eigenvalue weighted by atomic mass is 32.2. The summed E-state index contributed by atoms with van der Waals surface area (Å²) in [6, 6.07) is -2.47. The number of amides is 3. The molecule has 0 aliphatic heterocycles. The van der Waals surface area contributed by atoms with Gasteiger partial charge in [-0.05, 0) is 30.3 Å². The van der Waals surface area contributed by atoms with E-state index in [0.29, 0.717) is 18.6 Å². The van der Waals surface area contributed by atoms with Crippen LogP contribution in [-0.2, 0) is 19.2 Å². The fraction of sp³-hybridized carbons (Fsp3) is 0.778. The highest BCUT2D eigenvalue weighted by molar-refractivity contribution is 7.98. The first-order valence-corrected chi connectivity index (χ1v) is 10.8. The second-order valence-electron chi connectivity index (χ2n) is 7.10. The van der Waals surface area contributed by atoms with Crippen LogP contribution in [0.4, 0.5) is 0 Å². The number of aliphatic carboxylic acids is 1. The van der Waals surface area contributed by atoms with Crippen molar-refractivity contribution in [1.82, 2.24) is 16.0 Å². The minimum absolute atomic E-state index is 0.0843. The van der Waals surface area contributed by atoms with E-state index in [1.807, 2.05) is 27.0 Å². The number of hydrogen-bond acceptors (Lipinski definition) is 6. The Labute approximate surface area is 170 Å². The van der Waals surface area contributed by atoms with Crippen molar-refractivity contribution in [2.24, 2.45) is 17.6 Å². The van der Waals surface area contributed by atoms with E-state index in [4.69, 9.17) is 10.8 Å². The number of carbonyl (C=O) groups excluding carboxylic acids is 3. The molecular formula is C18H34N4O5S. The number of carbonyl (C=O) groups is 4. The number of nitrogens with one attached hydrogen (secondary N) is 3. The zero-order valence-corrected chi connectivity index (χ0v) is 18.1. The summed E-state index contributed by atoms with van der Waals surface area (Å²) in [5, 5.41) is 16.4. The molecule has 10 heteroatoms. The molecule has 0 fully saturated rings. The van der Waals surface area contributed by atoms with Gasteiger partial charge < -0.3 is 26.8 Å². The number of carboxylic acids is 1. The second kappa shape index (κ2) is 13.4. The first-order valence-electron chi connectivity index (χ1n) is 9.39. The third kappa shape index (κ3) is 9.41. The Morgan fingerprint density at radius 2 is 1.64 bits per heavy atom. The van der Waals surface area contributed by atoms with Crippen molar-refractivity contribution in [1.29, 1.82) is 0 Å². The fourth-order valence-electron chi connectivity index (χ4n) is 2.30. The van der Waals surface area contributed by atoms with E-state index in [-0.39, 0.29) is 11.8 Å². The van der Waals surface area contributed by atoms with Crippen molar-refractivity contribution in [3.8, 4) is 0 Å². The van der Waals surface area contributed by atoms with E-state index in [1.54, 1.807) is 6.92 Å². The first-order chi connectivity index (χ1) is 13.0. The molecule has 0 saturated carbocycles. The molecule has 0 aromatic rings. The first kappa shape index (κ1) is 26.2. The fourth-order valence-corrected chi connectivity index (χ4v) is 2.78. The standard InChI is InChI=1S/C18H34N4O5S/c1-6-11(4)15(18(27)20-9-13(23)24)22-16(25)12(7-8-28-5)21-17(26)14(19)10(2)3/h10-12,14-15H,6-9,19H2,1-5H3,(H,20,27)(H,21,26)(H,22,25)(H,23,24). The van der Waals surface area contributed by atoms with Gasteiger partial charge in [0.15, 0.2) is 0 Å². The van der Waals surface area contributed by atoms with E-state index in [0.717, 1.165) is 0 Å². The van der Waals surface area contributed by atoms with Crippen molar-refractivity contribution >= 4 is 35.5 Å². The van der Waals surface area contributed by atoms with Crippen LogP contribution in [0.3, 0.4) is 0 Å². The predicted molar refractivity (Wildman–Crippen MR) is 110 cm³/mol.